The van der Waals surface area contributed by atoms with Gasteiger partial charge in [-0.15, -0.1) is 10.2 Å². The van der Waals surface area contributed by atoms with Gasteiger partial charge in [-0.3, -0.25) is 4.79 Å². The lowest BCUT2D eigenvalue weighted by Gasteiger charge is -2.08. The van der Waals surface area contributed by atoms with Crippen molar-refractivity contribution in [3.8, 4) is 0 Å². The number of halogens is 2. The van der Waals surface area contributed by atoms with Crippen molar-refractivity contribution in [1.29, 1.82) is 0 Å². The second kappa shape index (κ2) is 7.91. The molecule has 0 aliphatic heterocycles. The molecule has 25 heavy (non-hydrogen) atoms. The molecule has 3 aromatic rings. The number of hydrogen-bond acceptors (Lipinski definition) is 5. The van der Waals surface area contributed by atoms with Crippen molar-refractivity contribution in [2.75, 3.05) is 5.84 Å². The zero-order valence-corrected chi connectivity index (χ0v) is 15.4. The average molecular weight is 393 g/mol. The lowest BCUT2D eigenvalue weighted by Crippen LogP contribution is -2.33. The van der Waals surface area contributed by atoms with Crippen molar-refractivity contribution >= 4 is 35.0 Å². The van der Waals surface area contributed by atoms with Crippen LogP contribution in [0.5, 0.6) is 0 Å². The molecule has 0 fully saturated rings. The fraction of sp³-hybridized carbons (Fsp3) is 0.118. The highest BCUT2D eigenvalue weighted by molar-refractivity contribution is 7.98. The van der Waals surface area contributed by atoms with Gasteiger partial charge in [-0.25, -0.2) is 0 Å². The minimum Gasteiger partial charge on any atom is -0.334 e. The highest BCUT2D eigenvalue weighted by Gasteiger charge is 2.12. The van der Waals surface area contributed by atoms with Crippen molar-refractivity contribution in [3.05, 3.63) is 85.8 Å². The van der Waals surface area contributed by atoms with E-state index in [1.165, 1.54) is 11.8 Å². The SMILES string of the molecule is Nn1c(SCc2ccc(Cl)c(Cl)c2)nnc(Cc2ccccc2)c1=O. The predicted molar refractivity (Wildman–Crippen MR) is 102 cm³/mol. The van der Waals surface area contributed by atoms with E-state index in [0.717, 1.165) is 15.8 Å². The molecule has 2 N–H and O–H groups in total. The lowest BCUT2D eigenvalue weighted by molar-refractivity contribution is 0.672. The molecule has 0 unspecified atom stereocenters. The second-order valence-corrected chi connectivity index (χ2v) is 7.06. The van der Waals surface area contributed by atoms with Crippen LogP contribution in [0.1, 0.15) is 16.8 Å². The molecule has 1 aromatic heterocycles. The third kappa shape index (κ3) is 4.34. The summed E-state index contributed by atoms with van der Waals surface area (Å²) in [5.41, 5.74) is 1.88. The van der Waals surface area contributed by atoms with Crippen LogP contribution >= 0.6 is 35.0 Å². The van der Waals surface area contributed by atoms with Gasteiger partial charge in [0.15, 0.2) is 0 Å². The Hall–Kier alpha value is -2.02. The Kier molecular flexibility index (Phi) is 5.63. The molecule has 0 bridgehead atoms. The summed E-state index contributed by atoms with van der Waals surface area (Å²) in [6.45, 7) is 0. The largest absolute Gasteiger partial charge is 0.334 e. The van der Waals surface area contributed by atoms with Gasteiger partial charge >= 0.3 is 0 Å². The number of benzene rings is 2. The van der Waals surface area contributed by atoms with E-state index in [4.69, 9.17) is 29.0 Å². The van der Waals surface area contributed by atoms with Gasteiger partial charge in [-0.1, -0.05) is 71.4 Å². The maximum Gasteiger partial charge on any atom is 0.294 e. The molecule has 3 rings (SSSR count). The molecule has 1 heterocycles. The summed E-state index contributed by atoms with van der Waals surface area (Å²) in [5.74, 6) is 6.43. The van der Waals surface area contributed by atoms with Crippen LogP contribution in [0.2, 0.25) is 10.0 Å². The van der Waals surface area contributed by atoms with E-state index >= 15 is 0 Å². The van der Waals surface area contributed by atoms with E-state index in [2.05, 4.69) is 10.2 Å². The molecule has 0 saturated heterocycles. The number of rotatable bonds is 5. The first kappa shape index (κ1) is 17.8. The average Bonchev–Trinajstić information content (AvgIpc) is 2.62. The fourth-order valence-corrected chi connectivity index (χ4v) is 3.31. The Labute approximate surface area is 158 Å². The van der Waals surface area contributed by atoms with Crippen LogP contribution < -0.4 is 11.4 Å². The summed E-state index contributed by atoms with van der Waals surface area (Å²) in [7, 11) is 0. The van der Waals surface area contributed by atoms with Crippen molar-refractivity contribution in [2.24, 2.45) is 0 Å². The second-order valence-electron chi connectivity index (χ2n) is 5.30. The van der Waals surface area contributed by atoms with Gasteiger partial charge in [0, 0.05) is 12.2 Å². The van der Waals surface area contributed by atoms with Gasteiger partial charge in [0.05, 0.1) is 10.0 Å². The monoisotopic (exact) mass is 392 g/mol. The summed E-state index contributed by atoms with van der Waals surface area (Å²) in [5, 5.41) is 9.45. The summed E-state index contributed by atoms with van der Waals surface area (Å²) >= 11 is 13.2. The first-order valence-corrected chi connectivity index (χ1v) is 9.13. The molecule has 0 atom stereocenters. The number of thioether (sulfide) groups is 1. The zero-order valence-electron chi connectivity index (χ0n) is 13.0. The molecule has 5 nitrogen and oxygen atoms in total. The summed E-state index contributed by atoms with van der Waals surface area (Å²) in [6, 6.07) is 14.9. The molecule has 0 aliphatic rings. The highest BCUT2D eigenvalue weighted by atomic mass is 35.5. The normalized spacial score (nSPS) is 10.8. The summed E-state index contributed by atoms with van der Waals surface area (Å²) < 4.78 is 1.04. The van der Waals surface area contributed by atoms with E-state index in [9.17, 15) is 4.79 Å². The smallest absolute Gasteiger partial charge is 0.294 e. The molecule has 0 amide bonds. The maximum absolute atomic E-state index is 12.4. The van der Waals surface area contributed by atoms with Gasteiger partial charge in [-0.2, -0.15) is 4.68 Å². The van der Waals surface area contributed by atoms with Gasteiger partial charge in [0.1, 0.15) is 5.69 Å². The van der Waals surface area contributed by atoms with E-state index in [0.29, 0.717) is 33.1 Å². The minimum atomic E-state index is -0.351. The van der Waals surface area contributed by atoms with Gasteiger partial charge < -0.3 is 5.84 Å². The van der Waals surface area contributed by atoms with Crippen molar-refractivity contribution in [3.63, 3.8) is 0 Å². The fourth-order valence-electron chi connectivity index (χ4n) is 2.20. The van der Waals surface area contributed by atoms with Gasteiger partial charge in [0.25, 0.3) is 5.56 Å². The van der Waals surface area contributed by atoms with E-state index in [1.54, 1.807) is 12.1 Å². The molecular weight excluding hydrogens is 379 g/mol. The maximum atomic E-state index is 12.4. The highest BCUT2D eigenvalue weighted by Crippen LogP contribution is 2.26. The zero-order chi connectivity index (χ0) is 17.8. The van der Waals surface area contributed by atoms with Crippen LogP contribution in [0.25, 0.3) is 0 Å². The van der Waals surface area contributed by atoms with Crippen LogP contribution in [0, 0.1) is 0 Å². The van der Waals surface area contributed by atoms with Crippen LogP contribution in [0.15, 0.2) is 58.5 Å². The van der Waals surface area contributed by atoms with Crippen LogP contribution in [-0.4, -0.2) is 14.9 Å². The molecule has 2 aromatic carbocycles. The van der Waals surface area contributed by atoms with Gasteiger partial charge in [0.2, 0.25) is 5.16 Å². The molecule has 0 radical (unpaired) electrons. The molecule has 0 saturated carbocycles. The van der Waals surface area contributed by atoms with Crippen molar-refractivity contribution < 1.29 is 0 Å². The molecule has 0 aliphatic carbocycles. The Morgan fingerprint density at radius 3 is 2.48 bits per heavy atom. The lowest BCUT2D eigenvalue weighted by atomic mass is 10.1. The predicted octanol–water partition coefficient (Wildman–Crippen LogP) is 3.54. The van der Waals surface area contributed by atoms with E-state index in [1.807, 2.05) is 36.4 Å². The van der Waals surface area contributed by atoms with Crippen LogP contribution in [-0.2, 0) is 12.2 Å². The molecule has 8 heteroatoms. The minimum absolute atomic E-state index is 0.313. The number of nitrogens with two attached hydrogens (primary N) is 1. The van der Waals surface area contributed by atoms with Crippen LogP contribution in [0.3, 0.4) is 0 Å². The Morgan fingerprint density at radius 1 is 1.00 bits per heavy atom. The Bertz CT molecular complexity index is 947. The third-order valence-corrected chi connectivity index (χ3v) is 5.25. The number of nitrogen functional groups attached to an aromatic ring is 1. The topological polar surface area (TPSA) is 73.8 Å². The van der Waals surface area contributed by atoms with Gasteiger partial charge in [-0.05, 0) is 23.3 Å². The van der Waals surface area contributed by atoms with Crippen molar-refractivity contribution in [2.45, 2.75) is 17.3 Å². The Morgan fingerprint density at radius 2 is 1.76 bits per heavy atom. The van der Waals surface area contributed by atoms with E-state index in [-0.39, 0.29) is 5.56 Å². The molecular formula is C17H14Cl2N4OS. The Balaban J connectivity index is 1.76. The summed E-state index contributed by atoms with van der Waals surface area (Å²) in [6.07, 6.45) is 0.390. The quantitative estimate of drug-likeness (QED) is 0.530. The standard InChI is InChI=1S/C17H14Cl2N4OS/c18-13-7-6-12(8-14(13)19)10-25-17-22-21-15(16(24)23(17)20)9-11-4-2-1-3-5-11/h1-8H,9-10,20H2. The van der Waals surface area contributed by atoms with E-state index < -0.39 is 0 Å². The molecule has 0 spiro atoms. The van der Waals surface area contributed by atoms with Crippen LogP contribution in [0.4, 0.5) is 0 Å². The first-order valence-electron chi connectivity index (χ1n) is 7.39. The van der Waals surface area contributed by atoms with Crippen molar-refractivity contribution in [1.82, 2.24) is 14.9 Å². The third-order valence-electron chi connectivity index (χ3n) is 3.49. The number of nitrogens with zero attached hydrogens (tertiary/aromatic N) is 3. The summed E-state index contributed by atoms with van der Waals surface area (Å²) in [4.78, 5) is 12.4. The first-order chi connectivity index (χ1) is 12.0. The molecule has 128 valence electrons. The number of hydrogen-bond donors (Lipinski definition) is 1. The number of aromatic nitrogens is 3.